The number of nitrogens with two attached hydrogens (primary N) is 1. The van der Waals surface area contributed by atoms with Gasteiger partial charge in [-0.1, -0.05) is 23.7 Å². The molecule has 0 aliphatic carbocycles. The van der Waals surface area contributed by atoms with Crippen molar-refractivity contribution in [1.82, 2.24) is 4.98 Å². The van der Waals surface area contributed by atoms with E-state index in [2.05, 4.69) is 10.3 Å². The zero-order chi connectivity index (χ0) is 22.9. The van der Waals surface area contributed by atoms with Crippen LogP contribution in [0.15, 0.2) is 66.7 Å². The summed E-state index contributed by atoms with van der Waals surface area (Å²) < 4.78 is 5.56. The summed E-state index contributed by atoms with van der Waals surface area (Å²) in [7, 11) is 0. The van der Waals surface area contributed by atoms with E-state index >= 15 is 0 Å². The summed E-state index contributed by atoms with van der Waals surface area (Å²) in [6.45, 7) is 0.649. The molecule has 0 saturated carbocycles. The highest BCUT2D eigenvalue weighted by atomic mass is 35.5. The molecule has 2 amide bonds. The average Bonchev–Trinajstić information content (AvgIpc) is 3.29. The molecular formula is C26H20ClN3O3. The van der Waals surface area contributed by atoms with E-state index in [1.54, 1.807) is 36.4 Å². The fourth-order valence-electron chi connectivity index (χ4n) is 3.91. The lowest BCUT2D eigenvalue weighted by molar-refractivity contribution is 0.0997. The van der Waals surface area contributed by atoms with E-state index in [9.17, 15) is 9.59 Å². The van der Waals surface area contributed by atoms with Crippen LogP contribution in [0.4, 0.5) is 5.69 Å². The van der Waals surface area contributed by atoms with Crippen molar-refractivity contribution in [1.29, 1.82) is 0 Å². The number of primary amides is 1. The number of aromatic nitrogens is 1. The van der Waals surface area contributed by atoms with Crippen LogP contribution in [-0.2, 0) is 12.8 Å². The molecule has 5 rings (SSSR count). The maximum absolute atomic E-state index is 12.7. The van der Waals surface area contributed by atoms with Crippen LogP contribution in [0.3, 0.4) is 0 Å². The molecule has 1 aromatic heterocycles. The normalized spacial score (nSPS) is 12.3. The van der Waals surface area contributed by atoms with Crippen molar-refractivity contribution in [3.63, 3.8) is 0 Å². The molecule has 0 fully saturated rings. The molecule has 6 nitrogen and oxygen atoms in total. The number of pyridine rings is 1. The lowest BCUT2D eigenvalue weighted by Gasteiger charge is -2.11. The number of benzene rings is 3. The topological polar surface area (TPSA) is 94.3 Å². The summed E-state index contributed by atoms with van der Waals surface area (Å²) in [5.74, 6) is 0.0828. The highest BCUT2D eigenvalue weighted by molar-refractivity contribution is 6.31. The van der Waals surface area contributed by atoms with Gasteiger partial charge in [-0.2, -0.15) is 0 Å². The van der Waals surface area contributed by atoms with Gasteiger partial charge in [0.25, 0.3) is 5.91 Å². The molecule has 4 aromatic rings. The van der Waals surface area contributed by atoms with E-state index in [4.69, 9.17) is 22.1 Å². The number of hydrogen-bond acceptors (Lipinski definition) is 4. The molecule has 2 heterocycles. The van der Waals surface area contributed by atoms with Gasteiger partial charge in [-0.3, -0.25) is 14.6 Å². The van der Waals surface area contributed by atoms with Gasteiger partial charge in [-0.25, -0.2) is 0 Å². The Hall–Kier alpha value is -3.90. The average molecular weight is 458 g/mol. The van der Waals surface area contributed by atoms with E-state index in [0.29, 0.717) is 34.9 Å². The fourth-order valence-corrected chi connectivity index (χ4v) is 4.10. The second-order valence-corrected chi connectivity index (χ2v) is 8.34. The number of halogens is 1. The zero-order valence-electron chi connectivity index (χ0n) is 17.6. The smallest absolute Gasteiger partial charge is 0.255 e. The molecule has 164 valence electrons. The summed E-state index contributed by atoms with van der Waals surface area (Å²) in [6, 6.07) is 19.9. The van der Waals surface area contributed by atoms with Gasteiger partial charge in [0, 0.05) is 45.8 Å². The number of amides is 2. The first kappa shape index (κ1) is 21.0. The summed E-state index contributed by atoms with van der Waals surface area (Å²) in [4.78, 5) is 28.8. The van der Waals surface area contributed by atoms with Crippen LogP contribution in [0.25, 0.3) is 10.9 Å². The van der Waals surface area contributed by atoms with Crippen molar-refractivity contribution < 1.29 is 14.3 Å². The van der Waals surface area contributed by atoms with E-state index in [0.717, 1.165) is 39.9 Å². The Morgan fingerprint density at radius 2 is 1.85 bits per heavy atom. The molecule has 0 unspecified atom stereocenters. The molecule has 0 radical (unpaired) electrons. The van der Waals surface area contributed by atoms with Crippen LogP contribution in [0, 0.1) is 0 Å². The van der Waals surface area contributed by atoms with Gasteiger partial charge < -0.3 is 15.8 Å². The molecule has 3 N–H and O–H groups in total. The number of carbonyl (C=O) groups excluding carboxylic acids is 2. The van der Waals surface area contributed by atoms with Crippen LogP contribution >= 0.6 is 11.6 Å². The molecule has 7 heteroatoms. The minimum absolute atomic E-state index is 0.212. The number of nitrogens with zero attached hydrogens (tertiary/aromatic N) is 1. The lowest BCUT2D eigenvalue weighted by Crippen LogP contribution is -2.12. The minimum Gasteiger partial charge on any atom is -0.493 e. The maximum atomic E-state index is 12.7. The SMILES string of the molecule is NC(=O)c1ccc2nc(Cc3cc(NC(=O)c4ccc5c(c4)OCC5)ccc3Cl)ccc2c1. The predicted octanol–water partition coefficient (Wildman–Crippen LogP) is 4.77. The van der Waals surface area contributed by atoms with Gasteiger partial charge in [0.2, 0.25) is 5.91 Å². The first-order chi connectivity index (χ1) is 16.0. The number of nitrogens with one attached hydrogen (secondary N) is 1. The highest BCUT2D eigenvalue weighted by Crippen LogP contribution is 2.28. The largest absolute Gasteiger partial charge is 0.493 e. The van der Waals surface area contributed by atoms with Crippen molar-refractivity contribution >= 4 is 40.0 Å². The third kappa shape index (κ3) is 4.38. The molecule has 0 saturated heterocycles. The number of rotatable bonds is 5. The molecule has 33 heavy (non-hydrogen) atoms. The van der Waals surface area contributed by atoms with Gasteiger partial charge in [0.05, 0.1) is 12.1 Å². The monoisotopic (exact) mass is 457 g/mol. The fraction of sp³-hybridized carbons (Fsp3) is 0.115. The van der Waals surface area contributed by atoms with Crippen LogP contribution in [0.5, 0.6) is 5.75 Å². The molecular weight excluding hydrogens is 438 g/mol. The molecule has 0 atom stereocenters. The van der Waals surface area contributed by atoms with Gasteiger partial charge in [0.1, 0.15) is 5.75 Å². The van der Waals surface area contributed by atoms with E-state index in [1.807, 2.05) is 30.3 Å². The van der Waals surface area contributed by atoms with Crippen molar-refractivity contribution in [2.45, 2.75) is 12.8 Å². The Balaban J connectivity index is 1.36. The Morgan fingerprint density at radius 3 is 2.70 bits per heavy atom. The van der Waals surface area contributed by atoms with Gasteiger partial charge in [-0.15, -0.1) is 0 Å². The predicted molar refractivity (Wildman–Crippen MR) is 128 cm³/mol. The van der Waals surface area contributed by atoms with Crippen LogP contribution in [0.2, 0.25) is 5.02 Å². The van der Waals surface area contributed by atoms with Gasteiger partial charge in [0.15, 0.2) is 0 Å². The van der Waals surface area contributed by atoms with E-state index in [-0.39, 0.29) is 5.91 Å². The van der Waals surface area contributed by atoms with Crippen LogP contribution in [-0.4, -0.2) is 23.4 Å². The quantitative estimate of drug-likeness (QED) is 0.451. The first-order valence-corrected chi connectivity index (χ1v) is 10.9. The summed E-state index contributed by atoms with van der Waals surface area (Å²) in [6.07, 6.45) is 1.36. The Morgan fingerprint density at radius 1 is 1.00 bits per heavy atom. The Bertz CT molecular complexity index is 1420. The molecule has 3 aromatic carbocycles. The van der Waals surface area contributed by atoms with Crippen molar-refractivity contribution in [2.24, 2.45) is 5.73 Å². The Kier molecular flexibility index (Phi) is 5.44. The summed E-state index contributed by atoms with van der Waals surface area (Å²) >= 11 is 6.43. The van der Waals surface area contributed by atoms with Crippen LogP contribution < -0.4 is 15.8 Å². The zero-order valence-corrected chi connectivity index (χ0v) is 18.4. The number of carbonyl (C=O) groups is 2. The van der Waals surface area contributed by atoms with Gasteiger partial charge in [-0.05, 0) is 65.7 Å². The van der Waals surface area contributed by atoms with E-state index < -0.39 is 5.91 Å². The first-order valence-electron chi connectivity index (χ1n) is 10.5. The van der Waals surface area contributed by atoms with E-state index in [1.165, 1.54) is 0 Å². The van der Waals surface area contributed by atoms with Crippen LogP contribution in [0.1, 0.15) is 37.5 Å². The molecule has 0 spiro atoms. The summed E-state index contributed by atoms with van der Waals surface area (Å²) in [5.41, 5.74) is 10.5. The second-order valence-electron chi connectivity index (χ2n) is 7.93. The standard InChI is InChI=1S/C26H20ClN3O3/c27-22-7-6-21(30-26(32)18-2-1-15-9-10-33-24(15)14-18)13-19(22)12-20-5-3-16-11-17(25(28)31)4-8-23(16)29-20/h1-8,11,13-14H,9-10,12H2,(H2,28,31)(H,30,32). The molecule has 0 bridgehead atoms. The summed E-state index contributed by atoms with van der Waals surface area (Å²) in [5, 5.41) is 4.35. The van der Waals surface area contributed by atoms with Crippen molar-refractivity contribution in [3.8, 4) is 5.75 Å². The lowest BCUT2D eigenvalue weighted by atomic mass is 10.1. The van der Waals surface area contributed by atoms with Crippen molar-refractivity contribution in [3.05, 3.63) is 99.7 Å². The third-order valence-electron chi connectivity index (χ3n) is 5.66. The highest BCUT2D eigenvalue weighted by Gasteiger charge is 2.16. The number of anilines is 1. The van der Waals surface area contributed by atoms with Gasteiger partial charge >= 0.3 is 0 Å². The van der Waals surface area contributed by atoms with Crippen molar-refractivity contribution in [2.75, 3.05) is 11.9 Å². The number of ether oxygens (including phenoxy) is 1. The number of fused-ring (bicyclic) bond motifs is 2. The molecule has 1 aliphatic rings. The Labute approximate surface area is 195 Å². The second kappa shape index (κ2) is 8.56. The third-order valence-corrected chi connectivity index (χ3v) is 6.03. The minimum atomic E-state index is -0.473. The molecule has 1 aliphatic heterocycles. The number of hydrogen-bond donors (Lipinski definition) is 2. The maximum Gasteiger partial charge on any atom is 0.255 e.